The number of nitriles is 1. The Hall–Kier alpha value is -1.57. The molecule has 0 unspecified atom stereocenters. The van der Waals surface area contributed by atoms with Crippen LogP contribution in [-0.4, -0.2) is 4.98 Å². The molecule has 0 saturated carbocycles. The van der Waals surface area contributed by atoms with Crippen molar-refractivity contribution in [1.29, 1.82) is 5.26 Å². The monoisotopic (exact) mass is 322 g/mol. The summed E-state index contributed by atoms with van der Waals surface area (Å²) in [5.41, 5.74) is 1.47. The molecule has 0 aliphatic carbocycles. The van der Waals surface area contributed by atoms with Crippen LogP contribution in [0.5, 0.6) is 11.6 Å². The fourth-order valence-corrected chi connectivity index (χ4v) is 2.08. The predicted molar refractivity (Wildman–Crippen MR) is 72.9 cm³/mol. The Balaban J connectivity index is 2.37. The molecule has 0 atom stereocenters. The minimum atomic E-state index is 0.414. The van der Waals surface area contributed by atoms with Crippen molar-refractivity contribution in [2.45, 2.75) is 6.92 Å². The number of hydrogen-bond donors (Lipinski definition) is 0. The van der Waals surface area contributed by atoms with E-state index in [2.05, 4.69) is 27.0 Å². The van der Waals surface area contributed by atoms with Gasteiger partial charge in [0.05, 0.1) is 21.1 Å². The summed E-state index contributed by atoms with van der Waals surface area (Å²) in [5, 5.41) is 9.39. The third kappa shape index (κ3) is 2.81. The van der Waals surface area contributed by atoms with Crippen LogP contribution in [0, 0.1) is 18.3 Å². The Morgan fingerprint density at radius 1 is 1.39 bits per heavy atom. The van der Waals surface area contributed by atoms with Crippen molar-refractivity contribution in [2.24, 2.45) is 0 Å². The zero-order chi connectivity index (χ0) is 13.1. The molecule has 0 aliphatic heterocycles. The standard InChI is InChI=1S/C13H8BrClN2O/c1-8-2-3-9(6-16)4-12(8)18-13-11(14)5-10(15)7-17-13/h2-5,7H,1H3. The molecule has 0 fully saturated rings. The smallest absolute Gasteiger partial charge is 0.233 e. The first-order valence-corrected chi connectivity index (χ1v) is 6.27. The lowest BCUT2D eigenvalue weighted by Crippen LogP contribution is -1.92. The van der Waals surface area contributed by atoms with Crippen LogP contribution in [0.3, 0.4) is 0 Å². The first kappa shape index (κ1) is 12.9. The van der Waals surface area contributed by atoms with E-state index in [1.54, 1.807) is 18.2 Å². The highest BCUT2D eigenvalue weighted by Gasteiger charge is 2.08. The first-order chi connectivity index (χ1) is 8.60. The second-order valence-electron chi connectivity index (χ2n) is 3.63. The van der Waals surface area contributed by atoms with E-state index in [1.807, 2.05) is 13.0 Å². The maximum atomic E-state index is 8.86. The number of halogens is 2. The number of rotatable bonds is 2. The molecular formula is C13H8BrClN2O. The maximum Gasteiger partial charge on any atom is 0.233 e. The topological polar surface area (TPSA) is 45.9 Å². The Bertz CT molecular complexity index is 637. The summed E-state index contributed by atoms with van der Waals surface area (Å²) in [6.45, 7) is 1.90. The molecular weight excluding hydrogens is 316 g/mol. The number of pyridine rings is 1. The van der Waals surface area contributed by atoms with Gasteiger partial charge in [0, 0.05) is 6.20 Å². The third-order valence-corrected chi connectivity index (χ3v) is 3.07. The average Bonchev–Trinajstić information content (AvgIpc) is 2.35. The van der Waals surface area contributed by atoms with E-state index in [-0.39, 0.29) is 0 Å². The summed E-state index contributed by atoms with van der Waals surface area (Å²) < 4.78 is 6.33. The highest BCUT2D eigenvalue weighted by atomic mass is 79.9. The molecule has 0 N–H and O–H groups in total. The van der Waals surface area contributed by atoms with Crippen LogP contribution in [0.2, 0.25) is 5.02 Å². The molecule has 0 bridgehead atoms. The normalized spacial score (nSPS) is 9.89. The van der Waals surface area contributed by atoms with E-state index in [0.29, 0.717) is 26.7 Å². The van der Waals surface area contributed by atoms with Gasteiger partial charge >= 0.3 is 0 Å². The quantitative estimate of drug-likeness (QED) is 0.819. The minimum Gasteiger partial charge on any atom is -0.438 e. The summed E-state index contributed by atoms with van der Waals surface area (Å²) in [5.74, 6) is 1.02. The minimum absolute atomic E-state index is 0.414. The molecule has 0 amide bonds. The molecule has 0 saturated heterocycles. The Morgan fingerprint density at radius 3 is 2.83 bits per heavy atom. The van der Waals surface area contributed by atoms with E-state index in [9.17, 15) is 0 Å². The van der Waals surface area contributed by atoms with Crippen LogP contribution < -0.4 is 4.74 Å². The Labute approximate surface area is 118 Å². The van der Waals surface area contributed by atoms with Crippen LogP contribution in [0.25, 0.3) is 0 Å². The van der Waals surface area contributed by atoms with Crippen molar-refractivity contribution >= 4 is 27.5 Å². The van der Waals surface area contributed by atoms with Crippen molar-refractivity contribution in [2.75, 3.05) is 0 Å². The number of aryl methyl sites for hydroxylation is 1. The van der Waals surface area contributed by atoms with Crippen molar-refractivity contribution in [3.8, 4) is 17.7 Å². The number of hydrogen-bond acceptors (Lipinski definition) is 3. The number of benzene rings is 1. The van der Waals surface area contributed by atoms with Crippen LogP contribution in [-0.2, 0) is 0 Å². The molecule has 1 heterocycles. The lowest BCUT2D eigenvalue weighted by Gasteiger charge is -2.09. The molecule has 1 aromatic heterocycles. The van der Waals surface area contributed by atoms with E-state index in [1.165, 1.54) is 6.20 Å². The fraction of sp³-hybridized carbons (Fsp3) is 0.0769. The molecule has 18 heavy (non-hydrogen) atoms. The molecule has 3 nitrogen and oxygen atoms in total. The van der Waals surface area contributed by atoms with Crippen LogP contribution in [0.1, 0.15) is 11.1 Å². The van der Waals surface area contributed by atoms with Gasteiger partial charge in [0.2, 0.25) is 5.88 Å². The first-order valence-electron chi connectivity index (χ1n) is 5.10. The lowest BCUT2D eigenvalue weighted by molar-refractivity contribution is 0.456. The van der Waals surface area contributed by atoms with Crippen molar-refractivity contribution in [3.05, 3.63) is 51.1 Å². The Morgan fingerprint density at radius 2 is 2.17 bits per heavy atom. The van der Waals surface area contributed by atoms with Gasteiger partial charge in [-0.15, -0.1) is 0 Å². The van der Waals surface area contributed by atoms with Gasteiger partial charge in [-0.3, -0.25) is 0 Å². The van der Waals surface area contributed by atoms with Gasteiger partial charge < -0.3 is 4.74 Å². The summed E-state index contributed by atoms with van der Waals surface area (Å²) >= 11 is 9.14. The molecule has 2 rings (SSSR count). The second-order valence-corrected chi connectivity index (χ2v) is 4.93. The summed E-state index contributed by atoms with van der Waals surface area (Å²) in [6, 6.07) is 9.02. The van der Waals surface area contributed by atoms with Gasteiger partial charge in [-0.2, -0.15) is 5.26 Å². The molecule has 0 spiro atoms. The SMILES string of the molecule is Cc1ccc(C#N)cc1Oc1ncc(Cl)cc1Br. The van der Waals surface area contributed by atoms with Crippen molar-refractivity contribution in [1.82, 2.24) is 4.98 Å². The molecule has 90 valence electrons. The lowest BCUT2D eigenvalue weighted by atomic mass is 10.1. The summed E-state index contributed by atoms with van der Waals surface area (Å²) in [7, 11) is 0. The number of ether oxygens (including phenoxy) is 1. The zero-order valence-corrected chi connectivity index (χ0v) is 11.8. The summed E-state index contributed by atoms with van der Waals surface area (Å²) in [4.78, 5) is 4.09. The highest BCUT2D eigenvalue weighted by Crippen LogP contribution is 2.31. The van der Waals surface area contributed by atoms with E-state index in [4.69, 9.17) is 21.6 Å². The number of aromatic nitrogens is 1. The van der Waals surface area contributed by atoms with Gasteiger partial charge in [0.25, 0.3) is 0 Å². The van der Waals surface area contributed by atoms with Crippen molar-refractivity contribution in [3.63, 3.8) is 0 Å². The highest BCUT2D eigenvalue weighted by molar-refractivity contribution is 9.10. The van der Waals surface area contributed by atoms with Gasteiger partial charge in [0.15, 0.2) is 0 Å². The maximum absolute atomic E-state index is 8.86. The summed E-state index contributed by atoms with van der Waals surface area (Å²) in [6.07, 6.45) is 1.51. The Kier molecular flexibility index (Phi) is 3.85. The largest absolute Gasteiger partial charge is 0.438 e. The molecule has 0 aliphatic rings. The van der Waals surface area contributed by atoms with Crippen LogP contribution in [0.4, 0.5) is 0 Å². The second kappa shape index (κ2) is 5.38. The molecule has 5 heteroatoms. The van der Waals surface area contributed by atoms with Gasteiger partial charge in [-0.25, -0.2) is 4.98 Å². The zero-order valence-electron chi connectivity index (χ0n) is 9.45. The number of nitrogens with zero attached hydrogens (tertiary/aromatic N) is 2. The fourth-order valence-electron chi connectivity index (χ4n) is 1.36. The van der Waals surface area contributed by atoms with Crippen LogP contribution >= 0.6 is 27.5 Å². The predicted octanol–water partition coefficient (Wildman–Crippen LogP) is 4.47. The van der Waals surface area contributed by atoms with E-state index >= 15 is 0 Å². The average molecular weight is 324 g/mol. The van der Waals surface area contributed by atoms with Crippen molar-refractivity contribution < 1.29 is 4.74 Å². The van der Waals surface area contributed by atoms with E-state index < -0.39 is 0 Å². The third-order valence-electron chi connectivity index (χ3n) is 2.30. The van der Waals surface area contributed by atoms with Gasteiger partial charge in [-0.05, 0) is 46.6 Å². The molecule has 0 radical (unpaired) electrons. The van der Waals surface area contributed by atoms with Gasteiger partial charge in [-0.1, -0.05) is 17.7 Å². The van der Waals surface area contributed by atoms with Crippen LogP contribution in [0.15, 0.2) is 34.9 Å². The van der Waals surface area contributed by atoms with E-state index in [0.717, 1.165) is 5.56 Å². The molecule has 2 aromatic rings. The molecule has 1 aromatic carbocycles. The van der Waals surface area contributed by atoms with Gasteiger partial charge in [0.1, 0.15) is 5.75 Å².